The number of aromatic nitrogens is 2. The van der Waals surface area contributed by atoms with Crippen molar-refractivity contribution in [2.45, 2.75) is 44.0 Å². The zero-order valence-corrected chi connectivity index (χ0v) is 18.1. The predicted molar refractivity (Wildman–Crippen MR) is 122 cm³/mol. The fourth-order valence-electron chi connectivity index (χ4n) is 4.22. The molecule has 3 atom stereocenters. The summed E-state index contributed by atoms with van der Waals surface area (Å²) in [6.07, 6.45) is 7.05. The van der Waals surface area contributed by atoms with Gasteiger partial charge in [-0.2, -0.15) is 0 Å². The van der Waals surface area contributed by atoms with Crippen LogP contribution in [0.3, 0.4) is 0 Å². The lowest BCUT2D eigenvalue weighted by Crippen LogP contribution is -2.35. The number of aliphatic hydroxyl groups excluding tert-OH is 1. The summed E-state index contributed by atoms with van der Waals surface area (Å²) < 4.78 is 0. The number of aromatic amines is 1. The van der Waals surface area contributed by atoms with Gasteiger partial charge in [0.15, 0.2) is 0 Å². The molecule has 1 aromatic carbocycles. The molecule has 2 aromatic heterocycles. The van der Waals surface area contributed by atoms with E-state index < -0.39 is 6.10 Å². The molecule has 1 aliphatic heterocycles. The number of hydrogen-bond donors (Lipinski definition) is 3. The molecule has 0 unspecified atom stereocenters. The van der Waals surface area contributed by atoms with E-state index in [9.17, 15) is 14.7 Å². The molecule has 1 fully saturated rings. The van der Waals surface area contributed by atoms with Crippen molar-refractivity contribution in [3.05, 3.63) is 99.7 Å². The van der Waals surface area contributed by atoms with Gasteiger partial charge in [0.1, 0.15) is 0 Å². The molecule has 7 nitrogen and oxygen atoms in total. The van der Waals surface area contributed by atoms with Crippen LogP contribution in [-0.2, 0) is 13.0 Å². The summed E-state index contributed by atoms with van der Waals surface area (Å²) in [5, 5.41) is 14.1. The van der Waals surface area contributed by atoms with Gasteiger partial charge in [0.25, 0.3) is 5.91 Å². The van der Waals surface area contributed by atoms with Crippen LogP contribution in [0.1, 0.15) is 46.0 Å². The summed E-state index contributed by atoms with van der Waals surface area (Å²) in [4.78, 5) is 32.3. The van der Waals surface area contributed by atoms with E-state index in [0.717, 1.165) is 30.4 Å². The fourth-order valence-corrected chi connectivity index (χ4v) is 4.22. The number of rotatable bonds is 7. The van der Waals surface area contributed by atoms with Crippen molar-refractivity contribution in [2.24, 2.45) is 0 Å². The third-order valence-electron chi connectivity index (χ3n) is 5.98. The Balaban J connectivity index is 1.31. The van der Waals surface area contributed by atoms with E-state index in [1.165, 1.54) is 6.07 Å². The highest BCUT2D eigenvalue weighted by atomic mass is 16.3. The Hall–Kier alpha value is -3.29. The van der Waals surface area contributed by atoms with Gasteiger partial charge < -0.3 is 20.3 Å². The van der Waals surface area contributed by atoms with E-state index in [1.807, 2.05) is 36.4 Å². The van der Waals surface area contributed by atoms with Crippen LogP contribution in [0.25, 0.3) is 0 Å². The van der Waals surface area contributed by atoms with E-state index in [1.54, 1.807) is 36.6 Å². The van der Waals surface area contributed by atoms with Crippen LogP contribution >= 0.6 is 0 Å². The number of hydrogen-bond acceptors (Lipinski definition) is 5. The van der Waals surface area contributed by atoms with Gasteiger partial charge in [0.05, 0.1) is 6.10 Å². The second-order valence-corrected chi connectivity index (χ2v) is 8.40. The third kappa shape index (κ3) is 5.30. The van der Waals surface area contributed by atoms with Crippen LogP contribution in [0.4, 0.5) is 0 Å². The van der Waals surface area contributed by atoms with Crippen LogP contribution in [0, 0.1) is 0 Å². The SMILES string of the molecule is CN(Cc1cccnc1)C(=O)c1ccc(C[C@@H]2CC[C@H]([C@H](O)c3ccc(=O)[nH]c3)N2)cc1. The molecule has 0 bridgehead atoms. The summed E-state index contributed by atoms with van der Waals surface area (Å²) in [5.41, 5.74) is 3.33. The predicted octanol–water partition coefficient (Wildman–Crippen LogP) is 2.44. The van der Waals surface area contributed by atoms with E-state index >= 15 is 0 Å². The van der Waals surface area contributed by atoms with Crippen molar-refractivity contribution < 1.29 is 9.90 Å². The lowest BCUT2D eigenvalue weighted by atomic mass is 10.0. The number of benzene rings is 1. The average molecular weight is 433 g/mol. The van der Waals surface area contributed by atoms with Crippen molar-refractivity contribution in [3.8, 4) is 0 Å². The van der Waals surface area contributed by atoms with Crippen molar-refractivity contribution in [3.63, 3.8) is 0 Å². The minimum atomic E-state index is -0.660. The first-order valence-corrected chi connectivity index (χ1v) is 10.9. The lowest BCUT2D eigenvalue weighted by Gasteiger charge is -2.20. The first kappa shape index (κ1) is 21.9. The smallest absolute Gasteiger partial charge is 0.253 e. The molecule has 3 N–H and O–H groups in total. The molecule has 4 rings (SSSR count). The van der Waals surface area contributed by atoms with Crippen LogP contribution < -0.4 is 10.9 Å². The minimum absolute atomic E-state index is 0.0246. The van der Waals surface area contributed by atoms with Gasteiger partial charge in [-0.05, 0) is 60.2 Å². The van der Waals surface area contributed by atoms with Crippen LogP contribution in [-0.4, -0.2) is 45.0 Å². The molecule has 1 aliphatic rings. The normalized spacial score (nSPS) is 18.9. The number of carbonyl (C=O) groups excluding carboxylic acids is 1. The molecule has 0 saturated carbocycles. The number of H-pyrrole nitrogens is 1. The molecule has 1 amide bonds. The maximum absolute atomic E-state index is 12.7. The zero-order chi connectivity index (χ0) is 22.5. The highest BCUT2D eigenvalue weighted by Gasteiger charge is 2.30. The third-order valence-corrected chi connectivity index (χ3v) is 5.98. The molecule has 1 saturated heterocycles. The van der Waals surface area contributed by atoms with E-state index in [-0.39, 0.29) is 23.6 Å². The molecule has 0 spiro atoms. The second-order valence-electron chi connectivity index (χ2n) is 8.40. The molecular weight excluding hydrogens is 404 g/mol. The molecule has 0 aliphatic carbocycles. The van der Waals surface area contributed by atoms with Crippen molar-refractivity contribution in [1.82, 2.24) is 20.2 Å². The van der Waals surface area contributed by atoms with E-state index in [0.29, 0.717) is 17.7 Å². The van der Waals surface area contributed by atoms with Gasteiger partial charge in [0.2, 0.25) is 5.56 Å². The number of amides is 1. The van der Waals surface area contributed by atoms with Gasteiger partial charge in [-0.1, -0.05) is 18.2 Å². The Morgan fingerprint density at radius 1 is 1.16 bits per heavy atom. The number of nitrogens with one attached hydrogen (secondary N) is 2. The molecular formula is C25H28N4O3. The highest BCUT2D eigenvalue weighted by Crippen LogP contribution is 2.26. The van der Waals surface area contributed by atoms with Crippen molar-refractivity contribution in [1.29, 1.82) is 0 Å². The Bertz CT molecular complexity index is 1080. The van der Waals surface area contributed by atoms with Crippen molar-refractivity contribution in [2.75, 3.05) is 7.05 Å². The summed E-state index contributed by atoms with van der Waals surface area (Å²) in [5.74, 6) is -0.0246. The minimum Gasteiger partial charge on any atom is -0.387 e. The topological polar surface area (TPSA) is 98.3 Å². The van der Waals surface area contributed by atoms with Gasteiger partial charge in [-0.25, -0.2) is 0 Å². The van der Waals surface area contributed by atoms with Crippen molar-refractivity contribution >= 4 is 5.91 Å². The second kappa shape index (κ2) is 9.89. The molecule has 32 heavy (non-hydrogen) atoms. The number of nitrogens with zero attached hydrogens (tertiary/aromatic N) is 2. The highest BCUT2D eigenvalue weighted by molar-refractivity contribution is 5.94. The van der Waals surface area contributed by atoms with Gasteiger partial charge in [-0.3, -0.25) is 14.6 Å². The van der Waals surface area contributed by atoms with Crippen LogP contribution in [0.2, 0.25) is 0 Å². The van der Waals surface area contributed by atoms with Gasteiger partial charge >= 0.3 is 0 Å². The molecule has 166 valence electrons. The quantitative estimate of drug-likeness (QED) is 0.533. The van der Waals surface area contributed by atoms with E-state index in [2.05, 4.69) is 15.3 Å². The summed E-state index contributed by atoms with van der Waals surface area (Å²) in [6, 6.07) is 14.9. The van der Waals surface area contributed by atoms with Crippen LogP contribution in [0.15, 0.2) is 71.9 Å². The largest absolute Gasteiger partial charge is 0.387 e. The first-order valence-electron chi connectivity index (χ1n) is 10.9. The maximum atomic E-state index is 12.7. The number of aliphatic hydroxyl groups is 1. The van der Waals surface area contributed by atoms with E-state index in [4.69, 9.17) is 0 Å². The molecule has 3 aromatic rings. The molecule has 0 radical (unpaired) electrons. The molecule has 3 heterocycles. The Labute approximate surface area is 187 Å². The first-order chi connectivity index (χ1) is 15.5. The van der Waals surface area contributed by atoms with Gasteiger partial charge in [-0.15, -0.1) is 0 Å². The number of carbonyl (C=O) groups is 1. The van der Waals surface area contributed by atoms with Crippen LogP contribution in [0.5, 0.6) is 0 Å². The maximum Gasteiger partial charge on any atom is 0.253 e. The fraction of sp³-hybridized carbons (Fsp3) is 0.320. The zero-order valence-electron chi connectivity index (χ0n) is 18.1. The summed E-state index contributed by atoms with van der Waals surface area (Å²) in [7, 11) is 1.79. The summed E-state index contributed by atoms with van der Waals surface area (Å²) in [6.45, 7) is 0.513. The lowest BCUT2D eigenvalue weighted by molar-refractivity contribution is 0.0785. The van der Waals surface area contributed by atoms with Gasteiger partial charge in [0, 0.05) is 55.9 Å². The Morgan fingerprint density at radius 3 is 2.66 bits per heavy atom. The molecule has 7 heteroatoms. The Kier molecular flexibility index (Phi) is 6.78. The number of pyridine rings is 2. The standard InChI is InChI=1S/C25H28N4O3/c1-29(16-18-3-2-12-26-14-18)25(32)19-6-4-17(5-7-19)13-21-9-10-22(28-21)24(31)20-8-11-23(30)27-15-20/h2-8,11-12,14-15,21-22,24,28,31H,9-10,13,16H2,1H3,(H,27,30)/t21-,22+,24+/m0/s1. The Morgan fingerprint density at radius 2 is 1.97 bits per heavy atom. The summed E-state index contributed by atoms with van der Waals surface area (Å²) >= 11 is 0. The monoisotopic (exact) mass is 432 g/mol. The average Bonchev–Trinajstić information content (AvgIpc) is 3.28.